The standard InChI is InChI=1S/C19H25ClN4O.ClH/c1-19(2,14-4-6-15(20)7-5-14)12-22-18(25)17-10-21-9-16(17)13-8-23-24(3)11-13;/h4-8,11,16-17,21H,9-10,12H2,1-3H3,(H,22,25);1H/t16-,17+;/m1./s1. The smallest absolute Gasteiger partial charge is 0.225 e. The largest absolute Gasteiger partial charge is 0.355 e. The number of rotatable bonds is 5. The van der Waals surface area contributed by atoms with E-state index in [2.05, 4.69) is 29.6 Å². The minimum absolute atomic E-state index is 0. The number of hydrogen-bond donors (Lipinski definition) is 2. The molecular weight excluding hydrogens is 371 g/mol. The summed E-state index contributed by atoms with van der Waals surface area (Å²) in [4.78, 5) is 12.8. The molecule has 2 heterocycles. The predicted octanol–water partition coefficient (Wildman–Crippen LogP) is 2.89. The molecule has 1 aliphatic heterocycles. The van der Waals surface area contributed by atoms with Gasteiger partial charge in [-0.05, 0) is 23.3 Å². The highest BCUT2D eigenvalue weighted by atomic mass is 35.5. The van der Waals surface area contributed by atoms with Crippen molar-refractivity contribution in [3.8, 4) is 0 Å². The lowest BCUT2D eigenvalue weighted by molar-refractivity contribution is -0.125. The predicted molar refractivity (Wildman–Crippen MR) is 107 cm³/mol. The van der Waals surface area contributed by atoms with Gasteiger partial charge in [-0.3, -0.25) is 9.48 Å². The van der Waals surface area contributed by atoms with Crippen LogP contribution < -0.4 is 10.6 Å². The second-order valence-corrected chi connectivity index (χ2v) is 7.86. The van der Waals surface area contributed by atoms with Gasteiger partial charge in [0, 0.05) is 49.2 Å². The van der Waals surface area contributed by atoms with Crippen LogP contribution in [0.2, 0.25) is 5.02 Å². The van der Waals surface area contributed by atoms with E-state index in [4.69, 9.17) is 11.6 Å². The van der Waals surface area contributed by atoms with Crippen molar-refractivity contribution in [3.05, 3.63) is 52.8 Å². The zero-order valence-corrected chi connectivity index (χ0v) is 16.9. The van der Waals surface area contributed by atoms with Crippen LogP contribution in [0.5, 0.6) is 0 Å². The van der Waals surface area contributed by atoms with Crippen LogP contribution in [-0.2, 0) is 17.3 Å². The van der Waals surface area contributed by atoms with Gasteiger partial charge < -0.3 is 10.6 Å². The number of halogens is 2. The second kappa shape index (κ2) is 8.42. The van der Waals surface area contributed by atoms with Crippen LogP contribution in [0.25, 0.3) is 0 Å². The molecule has 142 valence electrons. The van der Waals surface area contributed by atoms with Crippen LogP contribution in [0.1, 0.15) is 30.9 Å². The Morgan fingerprint density at radius 3 is 2.65 bits per heavy atom. The van der Waals surface area contributed by atoms with Crippen LogP contribution in [0, 0.1) is 5.92 Å². The number of amides is 1. The van der Waals surface area contributed by atoms with E-state index in [1.54, 1.807) is 4.68 Å². The molecule has 0 unspecified atom stereocenters. The van der Waals surface area contributed by atoms with Crippen LogP contribution in [0.4, 0.5) is 0 Å². The number of hydrogen-bond acceptors (Lipinski definition) is 3. The maximum atomic E-state index is 12.8. The first-order valence-electron chi connectivity index (χ1n) is 8.60. The molecule has 1 amide bonds. The van der Waals surface area contributed by atoms with E-state index >= 15 is 0 Å². The number of carbonyl (C=O) groups is 1. The van der Waals surface area contributed by atoms with Crippen LogP contribution >= 0.6 is 24.0 Å². The van der Waals surface area contributed by atoms with E-state index in [1.807, 2.05) is 43.7 Å². The summed E-state index contributed by atoms with van der Waals surface area (Å²) in [6, 6.07) is 7.81. The molecule has 26 heavy (non-hydrogen) atoms. The maximum absolute atomic E-state index is 12.8. The third kappa shape index (κ3) is 4.58. The molecule has 1 fully saturated rings. The van der Waals surface area contributed by atoms with Crippen molar-refractivity contribution in [1.82, 2.24) is 20.4 Å². The lowest BCUT2D eigenvalue weighted by Crippen LogP contribution is -2.41. The molecule has 1 aromatic carbocycles. The monoisotopic (exact) mass is 396 g/mol. The molecule has 1 aromatic heterocycles. The fraction of sp³-hybridized carbons (Fsp3) is 0.474. The van der Waals surface area contributed by atoms with E-state index in [9.17, 15) is 4.79 Å². The Kier molecular flexibility index (Phi) is 6.72. The van der Waals surface area contributed by atoms with E-state index in [-0.39, 0.29) is 35.6 Å². The first kappa shape index (κ1) is 20.7. The van der Waals surface area contributed by atoms with Gasteiger partial charge in [-0.25, -0.2) is 0 Å². The van der Waals surface area contributed by atoms with E-state index in [1.165, 1.54) is 0 Å². The van der Waals surface area contributed by atoms with E-state index in [0.29, 0.717) is 13.1 Å². The van der Waals surface area contributed by atoms with Gasteiger partial charge in [0.2, 0.25) is 5.91 Å². The normalized spacial score (nSPS) is 19.8. The van der Waals surface area contributed by atoms with Crippen molar-refractivity contribution in [2.45, 2.75) is 25.2 Å². The van der Waals surface area contributed by atoms with E-state index in [0.717, 1.165) is 22.7 Å². The number of carbonyl (C=O) groups excluding carboxylic acids is 1. The molecule has 0 spiro atoms. The van der Waals surface area contributed by atoms with Crippen molar-refractivity contribution in [2.24, 2.45) is 13.0 Å². The zero-order valence-electron chi connectivity index (χ0n) is 15.3. The summed E-state index contributed by atoms with van der Waals surface area (Å²) in [6.45, 7) is 6.35. The zero-order chi connectivity index (χ0) is 18.0. The Bertz CT molecular complexity index is 742. The van der Waals surface area contributed by atoms with Gasteiger partial charge in [0.05, 0.1) is 12.1 Å². The summed E-state index contributed by atoms with van der Waals surface area (Å²) < 4.78 is 1.78. The number of nitrogens with zero attached hydrogens (tertiary/aromatic N) is 2. The number of nitrogens with one attached hydrogen (secondary N) is 2. The number of aromatic nitrogens is 2. The average molecular weight is 397 g/mol. The fourth-order valence-corrected chi connectivity index (χ4v) is 3.50. The van der Waals surface area contributed by atoms with Gasteiger partial charge in [0.1, 0.15) is 0 Å². The van der Waals surface area contributed by atoms with Crippen molar-refractivity contribution in [2.75, 3.05) is 19.6 Å². The van der Waals surface area contributed by atoms with Gasteiger partial charge in [-0.1, -0.05) is 37.6 Å². The molecule has 2 atom stereocenters. The summed E-state index contributed by atoms with van der Waals surface area (Å²) in [5.41, 5.74) is 2.12. The number of aryl methyl sites for hydroxylation is 1. The van der Waals surface area contributed by atoms with E-state index < -0.39 is 0 Å². The Hall–Kier alpha value is -1.56. The SMILES string of the molecule is Cl.Cn1cc([C@H]2CNC[C@@H]2C(=O)NCC(C)(C)c2ccc(Cl)cc2)cn1. The van der Waals surface area contributed by atoms with Crippen LogP contribution in [0.3, 0.4) is 0 Å². The first-order valence-corrected chi connectivity index (χ1v) is 8.97. The third-order valence-electron chi connectivity index (χ3n) is 5.03. The average Bonchev–Trinajstić information content (AvgIpc) is 3.21. The molecule has 0 bridgehead atoms. The lowest BCUT2D eigenvalue weighted by Gasteiger charge is -2.27. The highest BCUT2D eigenvalue weighted by Gasteiger charge is 2.35. The Labute approximate surface area is 165 Å². The van der Waals surface area contributed by atoms with Crippen molar-refractivity contribution in [1.29, 1.82) is 0 Å². The highest BCUT2D eigenvalue weighted by Crippen LogP contribution is 2.29. The van der Waals surface area contributed by atoms with Gasteiger partial charge in [-0.2, -0.15) is 5.10 Å². The fourth-order valence-electron chi connectivity index (χ4n) is 3.38. The van der Waals surface area contributed by atoms with Gasteiger partial charge in [0.25, 0.3) is 0 Å². The molecule has 0 aliphatic carbocycles. The van der Waals surface area contributed by atoms with Gasteiger partial charge in [0.15, 0.2) is 0 Å². The highest BCUT2D eigenvalue weighted by molar-refractivity contribution is 6.30. The molecule has 0 radical (unpaired) electrons. The molecule has 3 rings (SSSR count). The minimum Gasteiger partial charge on any atom is -0.355 e. The Morgan fingerprint density at radius 2 is 2.04 bits per heavy atom. The molecule has 2 N–H and O–H groups in total. The van der Waals surface area contributed by atoms with Crippen molar-refractivity contribution >= 4 is 29.9 Å². The molecule has 2 aromatic rings. The Balaban J connectivity index is 0.00000243. The summed E-state index contributed by atoms with van der Waals surface area (Å²) >= 11 is 5.97. The summed E-state index contributed by atoms with van der Waals surface area (Å²) in [7, 11) is 1.90. The molecule has 7 heteroatoms. The molecule has 5 nitrogen and oxygen atoms in total. The van der Waals surface area contributed by atoms with Gasteiger partial charge >= 0.3 is 0 Å². The second-order valence-electron chi connectivity index (χ2n) is 7.43. The first-order chi connectivity index (χ1) is 11.9. The molecule has 1 aliphatic rings. The maximum Gasteiger partial charge on any atom is 0.225 e. The third-order valence-corrected chi connectivity index (χ3v) is 5.29. The summed E-state index contributed by atoms with van der Waals surface area (Å²) in [5, 5.41) is 11.4. The topological polar surface area (TPSA) is 59.0 Å². The Morgan fingerprint density at radius 1 is 1.35 bits per heavy atom. The minimum atomic E-state index is -0.157. The van der Waals surface area contributed by atoms with Crippen molar-refractivity contribution < 1.29 is 4.79 Å². The molecular formula is C19H26Cl2N4O. The molecule has 1 saturated heterocycles. The quantitative estimate of drug-likeness (QED) is 0.816. The van der Waals surface area contributed by atoms with Crippen LogP contribution in [0.15, 0.2) is 36.7 Å². The van der Waals surface area contributed by atoms with Gasteiger partial charge in [-0.15, -0.1) is 12.4 Å². The van der Waals surface area contributed by atoms with Crippen LogP contribution in [-0.4, -0.2) is 35.3 Å². The van der Waals surface area contributed by atoms with Crippen molar-refractivity contribution in [3.63, 3.8) is 0 Å². The lowest BCUT2D eigenvalue weighted by atomic mass is 9.84. The molecule has 0 saturated carbocycles. The summed E-state index contributed by atoms with van der Waals surface area (Å²) in [5.74, 6) is 0.207. The number of benzene rings is 1. The summed E-state index contributed by atoms with van der Waals surface area (Å²) in [6.07, 6.45) is 3.85.